The summed E-state index contributed by atoms with van der Waals surface area (Å²) >= 11 is 0. The van der Waals surface area contributed by atoms with E-state index in [9.17, 15) is 14.3 Å². The Hall–Kier alpha value is -1.54. The lowest BCUT2D eigenvalue weighted by atomic mass is 10.0. The summed E-state index contributed by atoms with van der Waals surface area (Å²) in [6.45, 7) is 5.54. The summed E-state index contributed by atoms with van der Waals surface area (Å²) in [6, 6.07) is 0. The second kappa shape index (κ2) is 44.1. The van der Waals surface area contributed by atoms with Gasteiger partial charge in [-0.2, -0.15) is 0 Å². The van der Waals surface area contributed by atoms with E-state index >= 15 is 0 Å². The number of quaternary nitrogens is 1. The highest BCUT2D eigenvalue weighted by atomic mass is 31.2. The van der Waals surface area contributed by atoms with Crippen LogP contribution >= 0.6 is 7.82 Å². The minimum atomic E-state index is -4.28. The maximum atomic E-state index is 12.7. The molecule has 0 amide bonds. The van der Waals surface area contributed by atoms with Crippen molar-refractivity contribution in [2.75, 3.05) is 54.1 Å². The molecule has 0 aliphatic rings. The van der Waals surface area contributed by atoms with E-state index in [0.717, 1.165) is 57.8 Å². The second-order valence-electron chi connectivity index (χ2n) is 17.8. The molecule has 1 N–H and O–H groups in total. The zero-order valence-electron chi connectivity index (χ0n) is 39.9. The van der Waals surface area contributed by atoms with E-state index < -0.39 is 13.9 Å². The van der Waals surface area contributed by atoms with Crippen LogP contribution in [0.3, 0.4) is 0 Å². The highest BCUT2D eigenvalue weighted by Gasteiger charge is 2.26. The van der Waals surface area contributed by atoms with Gasteiger partial charge in [0.05, 0.1) is 34.4 Å². The molecule has 0 heterocycles. The third-order valence-corrected chi connectivity index (χ3v) is 11.6. The number of hydrogen-bond donors (Lipinski definition) is 1. The molecule has 0 saturated heterocycles. The van der Waals surface area contributed by atoms with Crippen molar-refractivity contribution >= 4 is 13.8 Å². The van der Waals surface area contributed by atoms with E-state index in [-0.39, 0.29) is 25.8 Å². The number of rotatable bonds is 46. The van der Waals surface area contributed by atoms with Gasteiger partial charge in [-0.3, -0.25) is 13.8 Å². The van der Waals surface area contributed by atoms with Gasteiger partial charge in [0.25, 0.3) is 0 Å². The Morgan fingerprint density at radius 1 is 0.533 bits per heavy atom. The first-order chi connectivity index (χ1) is 29.1. The fourth-order valence-corrected chi connectivity index (χ4v) is 7.58. The van der Waals surface area contributed by atoms with Crippen molar-refractivity contribution in [2.24, 2.45) is 0 Å². The number of phosphoric acid groups is 1. The fourth-order valence-electron chi connectivity index (χ4n) is 6.84. The topological polar surface area (TPSA) is 91.3 Å². The largest absolute Gasteiger partial charge is 0.472 e. The first kappa shape index (κ1) is 58.5. The van der Waals surface area contributed by atoms with Crippen LogP contribution in [0.25, 0.3) is 0 Å². The van der Waals surface area contributed by atoms with Gasteiger partial charge in [-0.15, -0.1) is 0 Å². The second-order valence-corrected chi connectivity index (χ2v) is 19.3. The minimum absolute atomic E-state index is 0.0888. The summed E-state index contributed by atoms with van der Waals surface area (Å²) in [7, 11) is 1.67. The summed E-state index contributed by atoms with van der Waals surface area (Å²) in [5, 5.41) is 0. The van der Waals surface area contributed by atoms with Gasteiger partial charge in [-0.05, 0) is 51.4 Å². The Morgan fingerprint density at radius 2 is 0.967 bits per heavy atom. The summed E-state index contributed by atoms with van der Waals surface area (Å²) in [4.78, 5) is 23.0. The molecule has 60 heavy (non-hydrogen) atoms. The summed E-state index contributed by atoms with van der Waals surface area (Å²) in [5.74, 6) is -0.314. The van der Waals surface area contributed by atoms with Crippen molar-refractivity contribution in [1.29, 1.82) is 0 Å². The number of ether oxygens (including phenoxy) is 2. The first-order valence-corrected chi connectivity index (χ1v) is 26.4. The van der Waals surface area contributed by atoms with Gasteiger partial charge in [-0.1, -0.05) is 204 Å². The number of nitrogens with zero attached hydrogens (tertiary/aromatic N) is 1. The van der Waals surface area contributed by atoms with Crippen molar-refractivity contribution in [1.82, 2.24) is 0 Å². The lowest BCUT2D eigenvalue weighted by molar-refractivity contribution is -0.870. The molecule has 0 bridgehead atoms. The van der Waals surface area contributed by atoms with E-state index in [1.807, 2.05) is 21.1 Å². The Morgan fingerprint density at radius 3 is 1.45 bits per heavy atom. The van der Waals surface area contributed by atoms with Gasteiger partial charge in [0.2, 0.25) is 0 Å². The number of likely N-dealkylation sites (N-methyl/N-ethyl adjacent to an activating group) is 1. The molecule has 0 rings (SSSR count). The Labute approximate surface area is 371 Å². The van der Waals surface area contributed by atoms with E-state index in [1.54, 1.807) is 0 Å². The van der Waals surface area contributed by atoms with E-state index in [4.69, 9.17) is 18.5 Å². The zero-order chi connectivity index (χ0) is 44.1. The Bertz CT molecular complexity index is 1100. The highest BCUT2D eigenvalue weighted by Crippen LogP contribution is 2.43. The van der Waals surface area contributed by atoms with Crippen LogP contribution in [-0.4, -0.2) is 75.6 Å². The van der Waals surface area contributed by atoms with Crippen molar-refractivity contribution in [2.45, 2.75) is 219 Å². The first-order valence-electron chi connectivity index (χ1n) is 24.9. The molecule has 9 heteroatoms. The SMILES string of the molecule is CC/C=C\C/C=C\C/C=C\C/C=C\CCCCCCCCCCCCCCC(=O)OC(COCCCCCCCCCCCCCCC)COP(=O)(O)OCC[N+](C)(C)C. The maximum Gasteiger partial charge on any atom is 0.472 e. The van der Waals surface area contributed by atoms with E-state index in [0.29, 0.717) is 24.1 Å². The number of allylic oxidation sites excluding steroid dienone is 8. The molecule has 2 atom stereocenters. The summed E-state index contributed by atoms with van der Waals surface area (Å²) in [5.41, 5.74) is 0. The molecular formula is C51H97NO7P+. The fraction of sp³-hybridized carbons (Fsp3) is 0.824. The molecule has 0 saturated carbocycles. The van der Waals surface area contributed by atoms with Gasteiger partial charge < -0.3 is 18.9 Å². The van der Waals surface area contributed by atoms with Crippen LogP contribution in [0.4, 0.5) is 0 Å². The molecule has 2 unspecified atom stereocenters. The van der Waals surface area contributed by atoms with Crippen molar-refractivity contribution < 1.29 is 37.3 Å². The molecule has 0 aromatic carbocycles. The quantitative estimate of drug-likeness (QED) is 0.0214. The molecular weight excluding hydrogens is 770 g/mol. The van der Waals surface area contributed by atoms with E-state index in [2.05, 4.69) is 62.5 Å². The molecule has 0 aliphatic heterocycles. The number of unbranched alkanes of at least 4 members (excludes halogenated alkanes) is 24. The number of esters is 1. The van der Waals surface area contributed by atoms with Crippen LogP contribution in [0.15, 0.2) is 48.6 Å². The van der Waals surface area contributed by atoms with Crippen LogP contribution < -0.4 is 0 Å². The number of carbonyl (C=O) groups is 1. The Kier molecular flexibility index (Phi) is 43.0. The predicted octanol–water partition coefficient (Wildman–Crippen LogP) is 15.1. The molecule has 0 radical (unpaired) electrons. The smallest absolute Gasteiger partial charge is 0.457 e. The van der Waals surface area contributed by atoms with Gasteiger partial charge >= 0.3 is 13.8 Å². The lowest BCUT2D eigenvalue weighted by Crippen LogP contribution is -2.37. The van der Waals surface area contributed by atoms with Crippen LogP contribution in [0.5, 0.6) is 0 Å². The Balaban J connectivity index is 4.09. The predicted molar refractivity (Wildman–Crippen MR) is 256 cm³/mol. The van der Waals surface area contributed by atoms with Crippen LogP contribution in [0.1, 0.15) is 213 Å². The maximum absolute atomic E-state index is 12.7. The molecule has 0 aromatic heterocycles. The molecule has 0 aliphatic carbocycles. The monoisotopic (exact) mass is 867 g/mol. The third-order valence-electron chi connectivity index (χ3n) is 10.7. The van der Waals surface area contributed by atoms with Crippen LogP contribution in [0, 0.1) is 0 Å². The lowest BCUT2D eigenvalue weighted by Gasteiger charge is -2.24. The van der Waals surface area contributed by atoms with E-state index in [1.165, 1.54) is 135 Å². The van der Waals surface area contributed by atoms with Crippen molar-refractivity contribution in [3.8, 4) is 0 Å². The molecule has 0 aromatic rings. The molecule has 0 spiro atoms. The van der Waals surface area contributed by atoms with Gasteiger partial charge in [0.15, 0.2) is 0 Å². The zero-order valence-corrected chi connectivity index (χ0v) is 40.8. The average Bonchev–Trinajstić information content (AvgIpc) is 3.20. The number of carbonyl (C=O) groups excluding carboxylic acids is 1. The number of hydrogen-bond acceptors (Lipinski definition) is 6. The molecule has 352 valence electrons. The third kappa shape index (κ3) is 47.5. The van der Waals surface area contributed by atoms with Gasteiger partial charge in [-0.25, -0.2) is 4.57 Å². The summed E-state index contributed by atoms with van der Waals surface area (Å²) in [6.07, 6.45) is 54.4. The molecule has 0 fully saturated rings. The van der Waals surface area contributed by atoms with Crippen molar-refractivity contribution in [3.63, 3.8) is 0 Å². The minimum Gasteiger partial charge on any atom is -0.457 e. The normalized spacial score (nSPS) is 14.0. The van der Waals surface area contributed by atoms with Crippen LogP contribution in [-0.2, 0) is 27.9 Å². The summed E-state index contributed by atoms with van der Waals surface area (Å²) < 4.78 is 35.1. The van der Waals surface area contributed by atoms with Gasteiger partial charge in [0, 0.05) is 13.0 Å². The van der Waals surface area contributed by atoms with Crippen molar-refractivity contribution in [3.05, 3.63) is 48.6 Å². The number of phosphoric ester groups is 1. The highest BCUT2D eigenvalue weighted by molar-refractivity contribution is 7.47. The standard InChI is InChI=1S/C51H96NO7P/c1-6-8-10-12-14-16-18-20-21-22-23-24-25-26-27-28-29-30-31-32-34-36-38-40-42-44-51(53)59-50(49-58-60(54,55)57-47-45-52(3,4)5)48-56-46-43-41-39-37-35-33-19-17-15-13-11-9-7-2/h8,10,14,16,20-21,23-24,50H,6-7,9,11-13,15,17-19,22,25-49H2,1-5H3/p+1/b10-8-,16-14-,21-20-,24-23-. The molecule has 8 nitrogen and oxygen atoms in total. The van der Waals surface area contributed by atoms with Crippen LogP contribution in [0.2, 0.25) is 0 Å². The average molecular weight is 867 g/mol. The van der Waals surface area contributed by atoms with Gasteiger partial charge in [0.1, 0.15) is 19.3 Å².